The molecular weight excluding hydrogens is 509 g/mol. The van der Waals surface area contributed by atoms with E-state index in [1.165, 1.54) is 24.3 Å². The van der Waals surface area contributed by atoms with Gasteiger partial charge in [0.05, 0.1) is 5.92 Å². The van der Waals surface area contributed by atoms with E-state index >= 15 is 0 Å². The molecule has 2 N–H and O–H groups in total. The number of ether oxygens (including phenoxy) is 2. The minimum absolute atomic E-state index is 0.0460. The molecule has 0 spiro atoms. The molecule has 200 valence electrons. The lowest BCUT2D eigenvalue weighted by molar-refractivity contribution is -0.157. The lowest BCUT2D eigenvalue weighted by atomic mass is 9.96. The molecule has 0 heterocycles. The average molecular weight is 543 g/mol. The van der Waals surface area contributed by atoms with Gasteiger partial charge in [0.15, 0.2) is 0 Å². The molecule has 1 amide bonds. The van der Waals surface area contributed by atoms with Crippen molar-refractivity contribution in [2.45, 2.75) is 83.7 Å². The van der Waals surface area contributed by atoms with Crippen LogP contribution in [0.15, 0.2) is 24.3 Å². The van der Waals surface area contributed by atoms with Crippen molar-refractivity contribution in [3.63, 3.8) is 0 Å². The van der Waals surface area contributed by atoms with Crippen LogP contribution in [0, 0.1) is 4.78 Å². The van der Waals surface area contributed by atoms with E-state index in [0.717, 1.165) is 0 Å². The molecule has 7 nitrogen and oxygen atoms in total. The number of hydrogen-bond donors (Lipinski definition) is 2. The second kappa shape index (κ2) is 11.8. The topological polar surface area (TPSA) is 106 Å². The van der Waals surface area contributed by atoms with Crippen LogP contribution in [-0.4, -0.2) is 51.2 Å². The summed E-state index contributed by atoms with van der Waals surface area (Å²) >= 11 is 5.75. The molecule has 0 saturated carbocycles. The van der Waals surface area contributed by atoms with Crippen LogP contribution in [0.1, 0.15) is 65.9 Å². The Labute approximate surface area is 210 Å². The minimum atomic E-state index is -4.61. The second-order valence-electron chi connectivity index (χ2n) is 10.2. The van der Waals surface area contributed by atoms with Gasteiger partial charge in [0.1, 0.15) is 17.2 Å². The Balaban J connectivity index is 2.94. The first-order chi connectivity index (χ1) is 15.7. The highest BCUT2D eigenvalue weighted by Gasteiger charge is 2.41. The largest absolute Gasteiger partial charge is 0.458 e. The smallest absolute Gasteiger partial charge is 0.408 e. The SMILES string of the molecule is CC(C)(C)OC(=O)N[C@@H](CCS(=N)(=O)CCC(c1ccc(Cl)cc1)C(F)(F)F)C(=O)OC(C)(C)C. The highest BCUT2D eigenvalue weighted by Crippen LogP contribution is 2.38. The molecule has 1 aromatic carbocycles. The molecule has 0 fully saturated rings. The van der Waals surface area contributed by atoms with E-state index in [1.807, 2.05) is 0 Å². The molecule has 35 heavy (non-hydrogen) atoms. The van der Waals surface area contributed by atoms with Crippen LogP contribution in [0.25, 0.3) is 0 Å². The van der Waals surface area contributed by atoms with Crippen LogP contribution in [0.5, 0.6) is 0 Å². The van der Waals surface area contributed by atoms with Crippen molar-refractivity contribution in [3.05, 3.63) is 34.9 Å². The fraction of sp³-hybridized carbons (Fsp3) is 0.652. The maximum atomic E-state index is 13.6. The Kier molecular flexibility index (Phi) is 10.5. The Morgan fingerprint density at radius 2 is 1.46 bits per heavy atom. The zero-order valence-corrected chi connectivity index (χ0v) is 22.3. The number of alkyl halides is 3. The number of halogens is 4. The first-order valence-corrected chi connectivity index (χ1v) is 13.2. The molecule has 0 bridgehead atoms. The highest BCUT2D eigenvalue weighted by molar-refractivity contribution is 7.92. The molecule has 0 saturated heterocycles. The van der Waals surface area contributed by atoms with Crippen molar-refractivity contribution in [3.8, 4) is 0 Å². The quantitative estimate of drug-likeness (QED) is 0.370. The summed E-state index contributed by atoms with van der Waals surface area (Å²) in [6.45, 7) is 9.75. The van der Waals surface area contributed by atoms with Gasteiger partial charge in [0.2, 0.25) is 0 Å². The summed E-state index contributed by atoms with van der Waals surface area (Å²) in [6, 6.07) is 3.87. The van der Waals surface area contributed by atoms with Gasteiger partial charge >= 0.3 is 18.2 Å². The van der Waals surface area contributed by atoms with E-state index in [1.54, 1.807) is 41.5 Å². The molecular formula is C23H34ClF3N2O5S. The summed E-state index contributed by atoms with van der Waals surface area (Å²) in [7, 11) is -3.52. The molecule has 0 radical (unpaired) electrons. The normalized spacial score (nSPS) is 16.1. The fourth-order valence-corrected chi connectivity index (χ4v) is 4.57. The van der Waals surface area contributed by atoms with Gasteiger partial charge in [0.25, 0.3) is 0 Å². The molecule has 2 unspecified atom stereocenters. The van der Waals surface area contributed by atoms with Crippen molar-refractivity contribution in [2.75, 3.05) is 11.5 Å². The Morgan fingerprint density at radius 1 is 0.971 bits per heavy atom. The fourth-order valence-electron chi connectivity index (χ4n) is 3.00. The van der Waals surface area contributed by atoms with Crippen molar-refractivity contribution in [1.29, 1.82) is 4.78 Å². The molecule has 12 heteroatoms. The molecule has 3 atom stereocenters. The number of nitrogens with one attached hydrogen (secondary N) is 2. The van der Waals surface area contributed by atoms with Gasteiger partial charge < -0.3 is 14.8 Å². The zero-order chi connectivity index (χ0) is 27.2. The van der Waals surface area contributed by atoms with Gasteiger partial charge in [-0.1, -0.05) is 23.7 Å². The van der Waals surface area contributed by atoms with Crippen LogP contribution < -0.4 is 5.32 Å². The molecule has 1 rings (SSSR count). The molecule has 0 aliphatic carbocycles. The summed E-state index contributed by atoms with van der Waals surface area (Å²) in [4.78, 5) is 24.8. The van der Waals surface area contributed by atoms with Gasteiger partial charge in [-0.3, -0.25) is 4.78 Å². The molecule has 0 aliphatic rings. The molecule has 1 aromatic rings. The molecule has 0 aromatic heterocycles. The lowest BCUT2D eigenvalue weighted by Gasteiger charge is -2.26. The van der Waals surface area contributed by atoms with E-state index in [9.17, 15) is 27.0 Å². The zero-order valence-electron chi connectivity index (χ0n) is 20.8. The minimum Gasteiger partial charge on any atom is -0.458 e. The summed E-state index contributed by atoms with van der Waals surface area (Å²) in [5.41, 5.74) is -1.78. The number of carbonyl (C=O) groups is 2. The average Bonchev–Trinajstić information content (AvgIpc) is 2.62. The maximum absolute atomic E-state index is 13.6. The van der Waals surface area contributed by atoms with Crippen molar-refractivity contribution in [2.24, 2.45) is 0 Å². The first kappa shape index (κ1) is 31.0. The summed E-state index contributed by atoms with van der Waals surface area (Å²) in [5, 5.41) is 2.63. The van der Waals surface area contributed by atoms with Crippen LogP contribution in [-0.2, 0) is 24.0 Å². The number of alkyl carbamates (subject to hydrolysis) is 1. The number of hydrogen-bond acceptors (Lipinski definition) is 6. The van der Waals surface area contributed by atoms with Crippen LogP contribution >= 0.6 is 11.6 Å². The Morgan fingerprint density at radius 3 is 1.91 bits per heavy atom. The van der Waals surface area contributed by atoms with Crippen LogP contribution in [0.3, 0.4) is 0 Å². The van der Waals surface area contributed by atoms with Crippen molar-refractivity contribution >= 4 is 33.4 Å². The summed E-state index contributed by atoms with van der Waals surface area (Å²) < 4.78 is 72.2. The summed E-state index contributed by atoms with van der Waals surface area (Å²) in [6.07, 6.45) is -6.37. The third-order valence-corrected chi connectivity index (χ3v) is 6.56. The summed E-state index contributed by atoms with van der Waals surface area (Å²) in [5.74, 6) is -3.72. The van der Waals surface area contributed by atoms with Crippen LogP contribution in [0.4, 0.5) is 18.0 Å². The van der Waals surface area contributed by atoms with Crippen molar-refractivity contribution < 1.29 is 36.4 Å². The highest BCUT2D eigenvalue weighted by atomic mass is 35.5. The van der Waals surface area contributed by atoms with Crippen LogP contribution in [0.2, 0.25) is 5.02 Å². The Bertz CT molecular complexity index is 969. The van der Waals surface area contributed by atoms with E-state index in [0.29, 0.717) is 0 Å². The van der Waals surface area contributed by atoms with Gasteiger partial charge in [-0.2, -0.15) is 13.2 Å². The van der Waals surface area contributed by atoms with E-state index in [-0.39, 0.29) is 17.0 Å². The number of benzene rings is 1. The third kappa shape index (κ3) is 12.5. The second-order valence-corrected chi connectivity index (χ2v) is 13.1. The predicted octanol–water partition coefficient (Wildman–Crippen LogP) is 6.05. The third-order valence-electron chi connectivity index (χ3n) is 4.52. The van der Waals surface area contributed by atoms with Gasteiger partial charge in [0, 0.05) is 26.3 Å². The van der Waals surface area contributed by atoms with Gasteiger partial charge in [-0.05, 0) is 72.1 Å². The lowest BCUT2D eigenvalue weighted by Crippen LogP contribution is -2.46. The predicted molar refractivity (Wildman–Crippen MR) is 129 cm³/mol. The number of esters is 1. The standard InChI is InChI=1S/C23H34ClF3N2O5S/c1-21(2,3)33-19(30)18(29-20(31)34-22(4,5)6)12-14-35(28,32)13-11-17(23(25,26)27)15-7-9-16(24)10-8-15/h7-10,17-18,28H,11-14H2,1-6H3,(H,29,31)/t17?,18-,35?/m0/s1. The number of amides is 1. The van der Waals surface area contributed by atoms with E-state index < -0.39 is 69.1 Å². The van der Waals surface area contributed by atoms with E-state index in [4.69, 9.17) is 25.9 Å². The van der Waals surface area contributed by atoms with Gasteiger partial charge in [-0.25, -0.2) is 13.8 Å². The van der Waals surface area contributed by atoms with Gasteiger partial charge in [-0.15, -0.1) is 0 Å². The monoisotopic (exact) mass is 542 g/mol. The maximum Gasteiger partial charge on any atom is 0.408 e. The van der Waals surface area contributed by atoms with Crippen molar-refractivity contribution in [1.82, 2.24) is 5.32 Å². The number of carbonyl (C=O) groups excluding carboxylic acids is 2. The first-order valence-electron chi connectivity index (χ1n) is 11.0. The molecule has 0 aliphatic heterocycles. The Hall–Kier alpha value is -2.01. The van der Waals surface area contributed by atoms with E-state index in [2.05, 4.69) is 5.32 Å². The number of rotatable bonds is 9.